The largest absolute Gasteiger partial charge is 0.465 e. The van der Waals surface area contributed by atoms with Crippen molar-refractivity contribution in [1.29, 1.82) is 0 Å². The molecule has 132 valence electrons. The van der Waals surface area contributed by atoms with Crippen molar-refractivity contribution in [2.45, 2.75) is 0 Å². The number of anilines is 1. The molecular formula is C19H15ClN2O4. The average molecular weight is 371 g/mol. The van der Waals surface area contributed by atoms with Gasteiger partial charge in [0.15, 0.2) is 0 Å². The number of esters is 2. The minimum atomic E-state index is -0.674. The van der Waals surface area contributed by atoms with Crippen LogP contribution in [0.15, 0.2) is 66.2 Å². The lowest BCUT2D eigenvalue weighted by molar-refractivity contribution is -0.139. The molecule has 1 aliphatic heterocycles. The second-order valence-corrected chi connectivity index (χ2v) is 5.75. The SMILES string of the molecule is COC(=O)C1=C(C(=O)OC)N(c2cccc3cc(Cl)cnc23)C=CC=C1. The predicted octanol–water partition coefficient (Wildman–Crippen LogP) is 3.38. The van der Waals surface area contributed by atoms with Gasteiger partial charge in [-0.15, -0.1) is 0 Å². The zero-order chi connectivity index (χ0) is 18.7. The first kappa shape index (κ1) is 17.7. The van der Waals surface area contributed by atoms with E-state index in [1.165, 1.54) is 26.5 Å². The summed E-state index contributed by atoms with van der Waals surface area (Å²) in [5.41, 5.74) is 1.33. The topological polar surface area (TPSA) is 68.7 Å². The van der Waals surface area contributed by atoms with Gasteiger partial charge >= 0.3 is 11.9 Å². The summed E-state index contributed by atoms with van der Waals surface area (Å²) in [5.74, 6) is -1.32. The number of carbonyl (C=O) groups excluding carboxylic acids is 2. The third-order valence-corrected chi connectivity index (χ3v) is 4.01. The number of hydrogen-bond acceptors (Lipinski definition) is 6. The quantitative estimate of drug-likeness (QED) is 0.771. The van der Waals surface area contributed by atoms with E-state index in [1.807, 2.05) is 12.1 Å². The molecule has 0 saturated carbocycles. The van der Waals surface area contributed by atoms with Crippen LogP contribution in [0, 0.1) is 0 Å². The van der Waals surface area contributed by atoms with Crippen LogP contribution in [0.3, 0.4) is 0 Å². The van der Waals surface area contributed by atoms with E-state index in [4.69, 9.17) is 21.1 Å². The number of fused-ring (bicyclic) bond motifs is 1. The average Bonchev–Trinajstić information content (AvgIpc) is 2.88. The molecular weight excluding hydrogens is 356 g/mol. The van der Waals surface area contributed by atoms with Crippen LogP contribution in [-0.2, 0) is 19.1 Å². The van der Waals surface area contributed by atoms with Crippen molar-refractivity contribution in [3.8, 4) is 0 Å². The summed E-state index contributed by atoms with van der Waals surface area (Å²) in [7, 11) is 2.50. The molecule has 26 heavy (non-hydrogen) atoms. The van der Waals surface area contributed by atoms with Gasteiger partial charge in [-0.05, 0) is 24.3 Å². The molecule has 3 rings (SSSR count). The van der Waals surface area contributed by atoms with E-state index in [0.717, 1.165) is 5.39 Å². The fraction of sp³-hybridized carbons (Fsp3) is 0.105. The Kier molecular flexibility index (Phi) is 5.04. The lowest BCUT2D eigenvalue weighted by Crippen LogP contribution is -2.27. The maximum absolute atomic E-state index is 12.5. The lowest BCUT2D eigenvalue weighted by Gasteiger charge is -2.24. The van der Waals surface area contributed by atoms with Crippen LogP contribution in [0.1, 0.15) is 0 Å². The minimum Gasteiger partial charge on any atom is -0.465 e. The molecule has 0 aliphatic carbocycles. The van der Waals surface area contributed by atoms with Crippen LogP contribution < -0.4 is 4.90 Å². The first-order chi connectivity index (χ1) is 12.6. The highest BCUT2D eigenvalue weighted by atomic mass is 35.5. The number of allylic oxidation sites excluding steroid dienone is 2. The molecule has 0 radical (unpaired) electrons. The van der Waals surface area contributed by atoms with Crippen LogP contribution in [0.4, 0.5) is 5.69 Å². The van der Waals surface area contributed by atoms with Gasteiger partial charge in [0, 0.05) is 17.8 Å². The molecule has 1 aromatic heterocycles. The van der Waals surface area contributed by atoms with Gasteiger partial charge in [0.25, 0.3) is 0 Å². The van der Waals surface area contributed by atoms with E-state index in [9.17, 15) is 9.59 Å². The van der Waals surface area contributed by atoms with E-state index in [0.29, 0.717) is 16.2 Å². The third kappa shape index (κ3) is 3.19. The van der Waals surface area contributed by atoms with Crippen molar-refractivity contribution < 1.29 is 19.1 Å². The molecule has 0 unspecified atom stereocenters. The molecule has 6 nitrogen and oxygen atoms in total. The second kappa shape index (κ2) is 7.41. The predicted molar refractivity (Wildman–Crippen MR) is 98.6 cm³/mol. The Morgan fingerprint density at radius 1 is 1.12 bits per heavy atom. The van der Waals surface area contributed by atoms with Gasteiger partial charge in [-0.25, -0.2) is 9.59 Å². The van der Waals surface area contributed by atoms with Gasteiger partial charge in [0.05, 0.1) is 36.0 Å². The fourth-order valence-electron chi connectivity index (χ4n) is 2.66. The number of hydrogen-bond donors (Lipinski definition) is 0. The number of pyridine rings is 1. The maximum atomic E-state index is 12.5. The van der Waals surface area contributed by atoms with Crippen molar-refractivity contribution in [2.75, 3.05) is 19.1 Å². The molecule has 0 atom stereocenters. The van der Waals surface area contributed by atoms with Crippen molar-refractivity contribution in [2.24, 2.45) is 0 Å². The zero-order valence-corrected chi connectivity index (χ0v) is 14.9. The van der Waals surface area contributed by atoms with Crippen molar-refractivity contribution in [3.05, 3.63) is 71.2 Å². The van der Waals surface area contributed by atoms with Crippen LogP contribution in [0.25, 0.3) is 10.9 Å². The molecule has 0 bridgehead atoms. The van der Waals surface area contributed by atoms with Gasteiger partial charge in [-0.2, -0.15) is 0 Å². The molecule has 0 saturated heterocycles. The highest BCUT2D eigenvalue weighted by molar-refractivity contribution is 6.31. The van der Waals surface area contributed by atoms with E-state index in [2.05, 4.69) is 4.98 Å². The molecule has 1 aliphatic rings. The summed E-state index contributed by atoms with van der Waals surface area (Å²) >= 11 is 6.02. The van der Waals surface area contributed by atoms with E-state index in [1.54, 1.807) is 35.4 Å². The molecule has 2 aromatic rings. The number of carbonyl (C=O) groups is 2. The Balaban J connectivity index is 2.28. The van der Waals surface area contributed by atoms with Gasteiger partial charge in [-0.3, -0.25) is 4.98 Å². The van der Waals surface area contributed by atoms with Gasteiger partial charge in [0.2, 0.25) is 0 Å². The summed E-state index contributed by atoms with van der Waals surface area (Å²) in [4.78, 5) is 30.6. The molecule has 7 heteroatoms. The standard InChI is InChI=1S/C19H15ClN2O4/c1-25-18(23)14-7-3-4-9-22(17(14)19(24)26-2)15-8-5-6-12-10-13(20)11-21-16(12)15/h3-11H,1-2H3. The van der Waals surface area contributed by atoms with Gasteiger partial charge < -0.3 is 14.4 Å². The monoisotopic (exact) mass is 370 g/mol. The van der Waals surface area contributed by atoms with Crippen LogP contribution in [0.2, 0.25) is 5.02 Å². The number of benzene rings is 1. The minimum absolute atomic E-state index is 0.0357. The molecule has 2 heterocycles. The highest BCUT2D eigenvalue weighted by Crippen LogP contribution is 2.32. The van der Waals surface area contributed by atoms with Crippen LogP contribution >= 0.6 is 11.6 Å². The Morgan fingerprint density at radius 2 is 1.88 bits per heavy atom. The second-order valence-electron chi connectivity index (χ2n) is 5.32. The molecule has 0 N–H and O–H groups in total. The number of ether oxygens (including phenoxy) is 2. The maximum Gasteiger partial charge on any atom is 0.355 e. The summed E-state index contributed by atoms with van der Waals surface area (Å²) in [6.07, 6.45) is 8.03. The van der Waals surface area contributed by atoms with Crippen molar-refractivity contribution in [3.63, 3.8) is 0 Å². The molecule has 0 amide bonds. The summed E-state index contributed by atoms with van der Waals surface area (Å²) < 4.78 is 9.71. The third-order valence-electron chi connectivity index (χ3n) is 3.81. The first-order valence-corrected chi connectivity index (χ1v) is 8.04. The molecule has 0 fully saturated rings. The van der Waals surface area contributed by atoms with Crippen molar-refractivity contribution in [1.82, 2.24) is 4.98 Å². The number of nitrogens with zero attached hydrogens (tertiary/aromatic N) is 2. The van der Waals surface area contributed by atoms with Gasteiger partial charge in [0.1, 0.15) is 5.70 Å². The Hall–Kier alpha value is -3.12. The lowest BCUT2D eigenvalue weighted by atomic mass is 10.1. The number of rotatable bonds is 3. The normalized spacial score (nSPS) is 13.7. The number of methoxy groups -OCH3 is 2. The van der Waals surface area contributed by atoms with Gasteiger partial charge in [-0.1, -0.05) is 29.8 Å². The van der Waals surface area contributed by atoms with Crippen LogP contribution in [-0.4, -0.2) is 31.1 Å². The molecule has 1 aromatic carbocycles. The fourth-order valence-corrected chi connectivity index (χ4v) is 2.83. The summed E-state index contributed by atoms with van der Waals surface area (Å²) in [6, 6.07) is 7.24. The van der Waals surface area contributed by atoms with E-state index in [-0.39, 0.29) is 11.3 Å². The summed E-state index contributed by atoms with van der Waals surface area (Å²) in [6.45, 7) is 0. The summed E-state index contributed by atoms with van der Waals surface area (Å²) in [5, 5.41) is 1.30. The highest BCUT2D eigenvalue weighted by Gasteiger charge is 2.28. The Bertz CT molecular complexity index is 979. The smallest absolute Gasteiger partial charge is 0.355 e. The Labute approximate surface area is 155 Å². The number of halogens is 1. The number of para-hydroxylation sites is 1. The number of aromatic nitrogens is 1. The van der Waals surface area contributed by atoms with Crippen LogP contribution in [0.5, 0.6) is 0 Å². The molecule has 0 spiro atoms. The first-order valence-electron chi connectivity index (χ1n) is 7.66. The van der Waals surface area contributed by atoms with Crippen molar-refractivity contribution >= 4 is 40.1 Å². The van der Waals surface area contributed by atoms with E-state index >= 15 is 0 Å². The van der Waals surface area contributed by atoms with E-state index < -0.39 is 11.9 Å². The Morgan fingerprint density at radius 3 is 2.62 bits per heavy atom. The zero-order valence-electron chi connectivity index (χ0n) is 14.1.